The minimum atomic E-state index is -1.08. The minimum absolute atomic E-state index is 0.121. The first kappa shape index (κ1) is 14.4. The molecule has 0 aromatic heterocycles. The van der Waals surface area contributed by atoms with Crippen molar-refractivity contribution in [2.75, 3.05) is 11.9 Å². The van der Waals surface area contributed by atoms with Crippen LogP contribution >= 0.6 is 0 Å². The van der Waals surface area contributed by atoms with Crippen molar-refractivity contribution in [3.05, 3.63) is 29.3 Å². The molecular formula is C14H18F2N2. The molecule has 1 aromatic carbocycles. The van der Waals surface area contributed by atoms with Gasteiger partial charge in [0.1, 0.15) is 6.07 Å². The van der Waals surface area contributed by atoms with Crippen LogP contribution in [0.3, 0.4) is 0 Å². The van der Waals surface area contributed by atoms with Crippen LogP contribution in [0.2, 0.25) is 0 Å². The highest BCUT2D eigenvalue weighted by atomic mass is 19.2. The maximum Gasteiger partial charge on any atom is 0.183 e. The van der Waals surface area contributed by atoms with E-state index >= 15 is 0 Å². The first-order chi connectivity index (χ1) is 8.56. The average molecular weight is 252 g/mol. The molecule has 0 aliphatic heterocycles. The van der Waals surface area contributed by atoms with Crippen LogP contribution in [0, 0.1) is 28.9 Å². The van der Waals surface area contributed by atoms with Gasteiger partial charge in [-0.05, 0) is 24.5 Å². The highest BCUT2D eigenvalue weighted by molar-refractivity contribution is 5.49. The van der Waals surface area contributed by atoms with Crippen molar-refractivity contribution in [3.8, 4) is 6.07 Å². The Labute approximate surface area is 107 Å². The third kappa shape index (κ3) is 3.99. The molecule has 0 aliphatic carbocycles. The molecule has 0 saturated heterocycles. The van der Waals surface area contributed by atoms with Crippen LogP contribution in [-0.4, -0.2) is 6.54 Å². The molecule has 0 radical (unpaired) electrons. The van der Waals surface area contributed by atoms with E-state index in [1.807, 2.05) is 0 Å². The van der Waals surface area contributed by atoms with Gasteiger partial charge in [0.2, 0.25) is 0 Å². The molecule has 0 amide bonds. The molecule has 0 spiro atoms. The minimum Gasteiger partial charge on any atom is -0.383 e. The van der Waals surface area contributed by atoms with E-state index in [9.17, 15) is 8.78 Å². The lowest BCUT2D eigenvalue weighted by atomic mass is 10.1. The van der Waals surface area contributed by atoms with Crippen LogP contribution in [-0.2, 0) is 0 Å². The molecule has 1 N–H and O–H groups in total. The molecule has 18 heavy (non-hydrogen) atoms. The van der Waals surface area contributed by atoms with Gasteiger partial charge in [-0.1, -0.05) is 26.7 Å². The van der Waals surface area contributed by atoms with Crippen molar-refractivity contribution in [2.45, 2.75) is 33.1 Å². The summed E-state index contributed by atoms with van der Waals surface area (Å²) in [6.07, 6.45) is 3.11. The van der Waals surface area contributed by atoms with Gasteiger partial charge in [-0.25, -0.2) is 8.78 Å². The maximum absolute atomic E-state index is 13.5. The van der Waals surface area contributed by atoms with Gasteiger partial charge >= 0.3 is 0 Å². The molecule has 0 aliphatic rings. The zero-order valence-electron chi connectivity index (χ0n) is 10.8. The summed E-state index contributed by atoms with van der Waals surface area (Å²) >= 11 is 0. The summed E-state index contributed by atoms with van der Waals surface area (Å²) in [7, 11) is 0. The predicted octanol–water partition coefficient (Wildman–Crippen LogP) is 4.07. The molecule has 98 valence electrons. The number of nitriles is 1. The van der Waals surface area contributed by atoms with E-state index in [1.54, 1.807) is 6.07 Å². The van der Waals surface area contributed by atoms with Gasteiger partial charge in [0.25, 0.3) is 0 Å². The maximum atomic E-state index is 13.5. The molecule has 0 unspecified atom stereocenters. The molecule has 2 nitrogen and oxygen atoms in total. The normalized spacial score (nSPS) is 10.4. The molecule has 4 heteroatoms. The number of halogens is 2. The molecule has 0 heterocycles. The lowest BCUT2D eigenvalue weighted by Gasteiger charge is -2.09. The molecule has 1 rings (SSSR count). The molecule has 0 saturated carbocycles. The molecule has 0 bridgehead atoms. The molecule has 1 aromatic rings. The number of hydrogen-bond acceptors (Lipinski definition) is 2. The second kappa shape index (κ2) is 6.95. The summed E-state index contributed by atoms with van der Waals surface area (Å²) in [4.78, 5) is 0. The van der Waals surface area contributed by atoms with Gasteiger partial charge in [-0.15, -0.1) is 0 Å². The van der Waals surface area contributed by atoms with Crippen LogP contribution < -0.4 is 5.32 Å². The zero-order chi connectivity index (χ0) is 13.5. The van der Waals surface area contributed by atoms with Crippen molar-refractivity contribution >= 4 is 5.69 Å². The predicted molar refractivity (Wildman–Crippen MR) is 68.3 cm³/mol. The van der Waals surface area contributed by atoms with Crippen molar-refractivity contribution in [2.24, 2.45) is 5.92 Å². The number of unbranched alkanes of at least 4 members (excludes halogenated alkanes) is 1. The van der Waals surface area contributed by atoms with Crippen LogP contribution in [0.4, 0.5) is 14.5 Å². The number of hydrogen-bond donors (Lipinski definition) is 1. The Bertz CT molecular complexity index is 436. The summed E-state index contributed by atoms with van der Waals surface area (Å²) in [6, 6.07) is 4.30. The van der Waals surface area contributed by atoms with Crippen molar-refractivity contribution in [1.29, 1.82) is 5.26 Å². The van der Waals surface area contributed by atoms with Gasteiger partial charge in [0.15, 0.2) is 11.6 Å². The first-order valence-electron chi connectivity index (χ1n) is 6.18. The van der Waals surface area contributed by atoms with Gasteiger partial charge in [-0.3, -0.25) is 0 Å². The fraction of sp³-hybridized carbons (Fsp3) is 0.500. The van der Waals surface area contributed by atoms with Gasteiger partial charge in [0.05, 0.1) is 11.3 Å². The highest BCUT2D eigenvalue weighted by Crippen LogP contribution is 2.20. The monoisotopic (exact) mass is 252 g/mol. The number of nitrogens with one attached hydrogen (secondary N) is 1. The van der Waals surface area contributed by atoms with Crippen LogP contribution in [0.25, 0.3) is 0 Å². The second-order valence-electron chi connectivity index (χ2n) is 4.72. The topological polar surface area (TPSA) is 35.8 Å². The Balaban J connectivity index is 2.49. The van der Waals surface area contributed by atoms with E-state index in [1.165, 1.54) is 12.1 Å². The highest BCUT2D eigenvalue weighted by Gasteiger charge is 2.12. The first-order valence-corrected chi connectivity index (χ1v) is 6.18. The Kier molecular flexibility index (Phi) is 5.57. The third-order valence-electron chi connectivity index (χ3n) is 2.73. The van der Waals surface area contributed by atoms with E-state index < -0.39 is 11.6 Å². The van der Waals surface area contributed by atoms with Gasteiger partial charge in [0, 0.05) is 6.54 Å². The Hall–Kier alpha value is -1.63. The molecule has 0 fully saturated rings. The fourth-order valence-electron chi connectivity index (χ4n) is 1.67. The summed E-state index contributed by atoms with van der Waals surface area (Å²) in [6.45, 7) is 4.92. The van der Waals surface area contributed by atoms with E-state index in [4.69, 9.17) is 5.26 Å². The van der Waals surface area contributed by atoms with Gasteiger partial charge < -0.3 is 5.32 Å². The number of anilines is 1. The van der Waals surface area contributed by atoms with E-state index in [0.29, 0.717) is 12.5 Å². The molecular weight excluding hydrogens is 234 g/mol. The second-order valence-corrected chi connectivity index (χ2v) is 4.72. The average Bonchev–Trinajstić information content (AvgIpc) is 2.33. The summed E-state index contributed by atoms with van der Waals surface area (Å²) in [5, 5.41) is 11.4. The zero-order valence-corrected chi connectivity index (χ0v) is 10.8. The quantitative estimate of drug-likeness (QED) is 0.774. The smallest absolute Gasteiger partial charge is 0.183 e. The Morgan fingerprint density at radius 1 is 1.22 bits per heavy atom. The lowest BCUT2D eigenvalue weighted by molar-refractivity contribution is 0.507. The summed E-state index contributed by atoms with van der Waals surface area (Å²) < 4.78 is 26.8. The van der Waals surface area contributed by atoms with Crippen LogP contribution in [0.15, 0.2) is 12.1 Å². The largest absolute Gasteiger partial charge is 0.383 e. The lowest BCUT2D eigenvalue weighted by Crippen LogP contribution is -2.05. The Morgan fingerprint density at radius 2 is 1.94 bits per heavy atom. The Morgan fingerprint density at radius 3 is 2.56 bits per heavy atom. The van der Waals surface area contributed by atoms with Crippen LogP contribution in [0.5, 0.6) is 0 Å². The summed E-state index contributed by atoms with van der Waals surface area (Å²) in [5.74, 6) is -1.39. The number of rotatable bonds is 6. The van der Waals surface area contributed by atoms with E-state index in [0.717, 1.165) is 19.3 Å². The molecule has 0 atom stereocenters. The third-order valence-corrected chi connectivity index (χ3v) is 2.73. The van der Waals surface area contributed by atoms with E-state index in [-0.39, 0.29) is 11.3 Å². The van der Waals surface area contributed by atoms with Crippen molar-refractivity contribution in [3.63, 3.8) is 0 Å². The number of nitrogens with zero attached hydrogens (tertiary/aromatic N) is 1. The van der Waals surface area contributed by atoms with Crippen molar-refractivity contribution < 1.29 is 8.78 Å². The van der Waals surface area contributed by atoms with Gasteiger partial charge in [-0.2, -0.15) is 5.26 Å². The summed E-state index contributed by atoms with van der Waals surface area (Å²) in [5.41, 5.74) is -0.145. The van der Waals surface area contributed by atoms with E-state index in [2.05, 4.69) is 19.2 Å². The fourth-order valence-corrected chi connectivity index (χ4v) is 1.67. The number of benzene rings is 1. The SMILES string of the molecule is CC(C)CCCCNc1ccc(C#N)c(F)c1F. The standard InChI is InChI=1S/C14H18F2N2/c1-10(2)5-3-4-8-18-12-7-6-11(9-17)13(15)14(12)16/h6-7,10,18H,3-5,8H2,1-2H3. The van der Waals surface area contributed by atoms with Crippen molar-refractivity contribution in [1.82, 2.24) is 0 Å². The van der Waals surface area contributed by atoms with Crippen LogP contribution in [0.1, 0.15) is 38.7 Å².